The van der Waals surface area contributed by atoms with Gasteiger partial charge in [-0.1, -0.05) is 20.3 Å². The van der Waals surface area contributed by atoms with Gasteiger partial charge in [0.15, 0.2) is 0 Å². The van der Waals surface area contributed by atoms with E-state index < -0.39 is 18.1 Å². The van der Waals surface area contributed by atoms with Crippen LogP contribution in [0.25, 0.3) is 0 Å². The minimum absolute atomic E-state index is 0.0646. The van der Waals surface area contributed by atoms with Crippen LogP contribution in [0, 0.1) is 5.92 Å². The zero-order valence-electron chi connectivity index (χ0n) is 10.4. The standard InChI is InChI=1S/C11H20N2O3S/c1-4-6(2)9(12)10(14)13-7(3)17-5-8(13)11(15)16/h6-9H,4-5,12H2,1-3H3,(H,15,16)/t6-,7?,8?,9-/m0/s1. The topological polar surface area (TPSA) is 83.6 Å². The van der Waals surface area contributed by atoms with Crippen molar-refractivity contribution >= 4 is 23.6 Å². The molecule has 0 aromatic heterocycles. The van der Waals surface area contributed by atoms with E-state index in [-0.39, 0.29) is 17.2 Å². The Morgan fingerprint density at radius 2 is 2.18 bits per heavy atom. The van der Waals surface area contributed by atoms with E-state index in [2.05, 4.69) is 0 Å². The zero-order valence-corrected chi connectivity index (χ0v) is 11.2. The molecule has 0 bridgehead atoms. The largest absolute Gasteiger partial charge is 0.480 e. The fourth-order valence-electron chi connectivity index (χ4n) is 1.84. The quantitative estimate of drug-likeness (QED) is 0.778. The van der Waals surface area contributed by atoms with Gasteiger partial charge in [0, 0.05) is 5.75 Å². The SMILES string of the molecule is CC[C@H](C)[C@H](N)C(=O)N1C(C)SCC1C(=O)O. The average Bonchev–Trinajstić information content (AvgIpc) is 2.68. The Morgan fingerprint density at radius 3 is 2.65 bits per heavy atom. The molecule has 2 unspecified atom stereocenters. The normalized spacial score (nSPS) is 27.9. The molecule has 6 heteroatoms. The summed E-state index contributed by atoms with van der Waals surface area (Å²) in [5.74, 6) is -0.694. The van der Waals surface area contributed by atoms with Crippen LogP contribution in [0.5, 0.6) is 0 Å². The molecule has 1 rings (SSSR count). The first-order valence-electron chi connectivity index (χ1n) is 5.82. The van der Waals surface area contributed by atoms with Gasteiger partial charge < -0.3 is 15.7 Å². The lowest BCUT2D eigenvalue weighted by Crippen LogP contribution is -2.53. The molecule has 1 amide bonds. The van der Waals surface area contributed by atoms with Crippen molar-refractivity contribution in [2.24, 2.45) is 11.7 Å². The lowest BCUT2D eigenvalue weighted by molar-refractivity contribution is -0.149. The van der Waals surface area contributed by atoms with Crippen LogP contribution in [0.2, 0.25) is 0 Å². The number of amides is 1. The maximum Gasteiger partial charge on any atom is 0.327 e. The first-order valence-corrected chi connectivity index (χ1v) is 6.87. The Hall–Kier alpha value is -0.750. The number of nitrogens with zero attached hydrogens (tertiary/aromatic N) is 1. The second-order valence-electron chi connectivity index (χ2n) is 4.44. The van der Waals surface area contributed by atoms with Gasteiger partial charge in [-0.15, -0.1) is 11.8 Å². The predicted molar refractivity (Wildman–Crippen MR) is 67.6 cm³/mol. The second-order valence-corrected chi connectivity index (χ2v) is 5.79. The van der Waals surface area contributed by atoms with Gasteiger partial charge in [0.2, 0.25) is 5.91 Å². The molecule has 0 aromatic rings. The number of carboxylic acid groups (broad SMARTS) is 1. The third-order valence-electron chi connectivity index (χ3n) is 3.30. The summed E-state index contributed by atoms with van der Waals surface area (Å²) < 4.78 is 0. The number of rotatable bonds is 4. The number of nitrogens with two attached hydrogens (primary N) is 1. The van der Waals surface area contributed by atoms with Crippen LogP contribution in [0.4, 0.5) is 0 Å². The van der Waals surface area contributed by atoms with Gasteiger partial charge in [0.25, 0.3) is 0 Å². The van der Waals surface area contributed by atoms with Crippen molar-refractivity contribution in [3.05, 3.63) is 0 Å². The summed E-state index contributed by atoms with van der Waals surface area (Å²) >= 11 is 1.48. The van der Waals surface area contributed by atoms with Crippen molar-refractivity contribution in [2.45, 2.75) is 44.6 Å². The van der Waals surface area contributed by atoms with E-state index in [4.69, 9.17) is 10.8 Å². The summed E-state index contributed by atoms with van der Waals surface area (Å²) in [6.07, 6.45) is 0.806. The van der Waals surface area contributed by atoms with Crippen molar-refractivity contribution in [3.8, 4) is 0 Å². The van der Waals surface area contributed by atoms with Gasteiger partial charge in [-0.05, 0) is 12.8 Å². The first kappa shape index (κ1) is 14.3. The Labute approximate surface area is 106 Å². The smallest absolute Gasteiger partial charge is 0.327 e. The molecule has 0 aromatic carbocycles. The van der Waals surface area contributed by atoms with Crippen LogP contribution < -0.4 is 5.73 Å². The van der Waals surface area contributed by atoms with E-state index in [9.17, 15) is 9.59 Å². The highest BCUT2D eigenvalue weighted by molar-refractivity contribution is 8.00. The molecule has 1 fully saturated rings. The van der Waals surface area contributed by atoms with Crippen LogP contribution in [0.15, 0.2) is 0 Å². The highest BCUT2D eigenvalue weighted by Gasteiger charge is 2.41. The molecular formula is C11H20N2O3S. The van der Waals surface area contributed by atoms with Crippen molar-refractivity contribution in [3.63, 3.8) is 0 Å². The lowest BCUT2D eigenvalue weighted by Gasteiger charge is -2.29. The number of carbonyl (C=O) groups excluding carboxylic acids is 1. The van der Waals surface area contributed by atoms with Gasteiger partial charge in [-0.2, -0.15) is 0 Å². The van der Waals surface area contributed by atoms with Crippen LogP contribution in [0.1, 0.15) is 27.2 Å². The van der Waals surface area contributed by atoms with Gasteiger partial charge in [-0.3, -0.25) is 4.79 Å². The molecule has 4 atom stereocenters. The van der Waals surface area contributed by atoms with E-state index in [0.29, 0.717) is 5.75 Å². The maximum absolute atomic E-state index is 12.2. The van der Waals surface area contributed by atoms with Gasteiger partial charge in [-0.25, -0.2) is 4.79 Å². The summed E-state index contributed by atoms with van der Waals surface area (Å²) in [7, 11) is 0. The van der Waals surface area contributed by atoms with Crippen LogP contribution in [0.3, 0.4) is 0 Å². The number of carboxylic acids is 1. The summed E-state index contributed by atoms with van der Waals surface area (Å²) in [6, 6.07) is -1.35. The van der Waals surface area contributed by atoms with Crippen molar-refractivity contribution < 1.29 is 14.7 Å². The molecule has 0 aliphatic carbocycles. The van der Waals surface area contributed by atoms with Crippen LogP contribution in [-0.4, -0.2) is 45.1 Å². The first-order chi connectivity index (χ1) is 7.90. The summed E-state index contributed by atoms with van der Waals surface area (Å²) in [5, 5.41) is 8.97. The minimum atomic E-state index is -0.952. The average molecular weight is 260 g/mol. The molecule has 1 aliphatic rings. The summed E-state index contributed by atoms with van der Waals surface area (Å²) in [4.78, 5) is 24.7. The molecule has 5 nitrogen and oxygen atoms in total. The van der Waals surface area contributed by atoms with Crippen LogP contribution in [-0.2, 0) is 9.59 Å². The third kappa shape index (κ3) is 2.93. The van der Waals surface area contributed by atoms with Crippen molar-refractivity contribution in [1.29, 1.82) is 0 Å². The Morgan fingerprint density at radius 1 is 1.59 bits per heavy atom. The molecule has 1 saturated heterocycles. The highest BCUT2D eigenvalue weighted by Crippen LogP contribution is 2.30. The molecule has 0 saturated carbocycles. The molecular weight excluding hydrogens is 240 g/mol. The molecule has 17 heavy (non-hydrogen) atoms. The lowest BCUT2D eigenvalue weighted by atomic mass is 9.98. The summed E-state index contributed by atoms with van der Waals surface area (Å²) in [5.41, 5.74) is 5.88. The summed E-state index contributed by atoms with van der Waals surface area (Å²) in [6.45, 7) is 5.72. The molecule has 98 valence electrons. The maximum atomic E-state index is 12.2. The minimum Gasteiger partial charge on any atom is -0.480 e. The molecule has 3 N–H and O–H groups in total. The van der Waals surface area contributed by atoms with Crippen molar-refractivity contribution in [2.75, 3.05) is 5.75 Å². The van der Waals surface area contributed by atoms with E-state index in [0.717, 1.165) is 6.42 Å². The number of hydrogen-bond donors (Lipinski definition) is 2. The highest BCUT2D eigenvalue weighted by atomic mass is 32.2. The molecule has 0 spiro atoms. The molecule has 1 aliphatic heterocycles. The van der Waals surface area contributed by atoms with Gasteiger partial charge in [0.1, 0.15) is 6.04 Å². The Balaban J connectivity index is 2.82. The number of hydrogen-bond acceptors (Lipinski definition) is 4. The van der Waals surface area contributed by atoms with E-state index in [1.807, 2.05) is 20.8 Å². The van der Waals surface area contributed by atoms with E-state index in [1.165, 1.54) is 16.7 Å². The fraction of sp³-hybridized carbons (Fsp3) is 0.818. The monoisotopic (exact) mass is 260 g/mol. The number of thioether (sulfide) groups is 1. The number of aliphatic carboxylic acids is 1. The predicted octanol–water partition coefficient (Wildman–Crippen LogP) is 0.734. The van der Waals surface area contributed by atoms with E-state index in [1.54, 1.807) is 0 Å². The van der Waals surface area contributed by atoms with Gasteiger partial charge >= 0.3 is 5.97 Å². The van der Waals surface area contributed by atoms with Crippen LogP contribution >= 0.6 is 11.8 Å². The second kappa shape index (κ2) is 5.73. The number of carbonyl (C=O) groups is 2. The Bertz CT molecular complexity index is 311. The fourth-order valence-corrected chi connectivity index (χ4v) is 3.01. The third-order valence-corrected chi connectivity index (χ3v) is 4.52. The molecule has 1 heterocycles. The zero-order chi connectivity index (χ0) is 13.2. The molecule has 0 radical (unpaired) electrons. The van der Waals surface area contributed by atoms with Crippen molar-refractivity contribution in [1.82, 2.24) is 4.90 Å². The van der Waals surface area contributed by atoms with E-state index >= 15 is 0 Å². The Kier molecular flexibility index (Phi) is 4.82. The van der Waals surface area contributed by atoms with Gasteiger partial charge in [0.05, 0.1) is 11.4 Å².